The smallest absolute Gasteiger partial charge is 0.254 e. The number of hydrogen-bond acceptors (Lipinski definition) is 4. The summed E-state index contributed by atoms with van der Waals surface area (Å²) >= 11 is 1.61. The predicted molar refractivity (Wildman–Crippen MR) is 144 cm³/mol. The lowest BCUT2D eigenvalue weighted by Crippen LogP contribution is -2.48. The fourth-order valence-corrected chi connectivity index (χ4v) is 5.82. The molecule has 0 saturated carbocycles. The normalized spacial score (nSPS) is 17.4. The minimum atomic E-state index is -0.433. The Hall–Kier alpha value is -3.12. The lowest BCUT2D eigenvalue weighted by atomic mass is 9.81. The molecular weight excluding hydrogens is 454 g/mol. The number of anilines is 1. The first kappa shape index (κ1) is 25.0. The number of thiophene rings is 1. The van der Waals surface area contributed by atoms with Crippen LogP contribution in [0.25, 0.3) is 0 Å². The zero-order valence-corrected chi connectivity index (χ0v) is 21.6. The molecule has 6 heteroatoms. The monoisotopic (exact) mass is 489 g/mol. The molecule has 0 spiro atoms. The molecule has 0 aliphatic carbocycles. The number of nitrogens with one attached hydrogen (secondary N) is 1. The average Bonchev–Trinajstić information content (AvgIpc) is 3.40. The SMILES string of the molecule is CCN(CCCNC(=O)[C@H]1c2ccccc2C(=O)N(CC(C)C)[C@H]1c1cccs1)c1ccccc1. The standard InChI is InChI=1S/C29H35N3O2S/c1-4-31(22-12-6-5-7-13-22)18-11-17-30-28(33)26-23-14-8-9-15-24(23)29(34)32(20-21(2)3)27(26)25-16-10-19-35-25/h5-10,12-16,19,21,26-27H,4,11,17-18,20H2,1-3H3,(H,30,33)/t26-,27-/m0/s1. The van der Waals surface area contributed by atoms with E-state index < -0.39 is 5.92 Å². The van der Waals surface area contributed by atoms with Crippen molar-refractivity contribution in [3.8, 4) is 0 Å². The van der Waals surface area contributed by atoms with E-state index in [1.54, 1.807) is 11.3 Å². The van der Waals surface area contributed by atoms with Crippen molar-refractivity contribution in [2.45, 2.75) is 39.2 Å². The first-order chi connectivity index (χ1) is 17.0. The number of fused-ring (bicyclic) bond motifs is 1. The Morgan fingerprint density at radius 2 is 1.80 bits per heavy atom. The van der Waals surface area contributed by atoms with Gasteiger partial charge in [-0.2, -0.15) is 0 Å². The Bertz CT molecular complexity index is 1110. The molecule has 0 fully saturated rings. The van der Waals surface area contributed by atoms with E-state index in [9.17, 15) is 9.59 Å². The fourth-order valence-electron chi connectivity index (χ4n) is 4.95. The Morgan fingerprint density at radius 3 is 2.49 bits per heavy atom. The van der Waals surface area contributed by atoms with Crippen molar-refractivity contribution in [1.82, 2.24) is 10.2 Å². The van der Waals surface area contributed by atoms with Crippen molar-refractivity contribution < 1.29 is 9.59 Å². The maximum atomic E-state index is 13.7. The number of carbonyl (C=O) groups excluding carboxylic acids is 2. The summed E-state index contributed by atoms with van der Waals surface area (Å²) in [4.78, 5) is 32.5. The third kappa shape index (κ3) is 5.59. The van der Waals surface area contributed by atoms with Crippen LogP contribution in [-0.2, 0) is 4.79 Å². The lowest BCUT2D eigenvalue weighted by Gasteiger charge is -2.42. The molecule has 1 N–H and O–H groups in total. The lowest BCUT2D eigenvalue weighted by molar-refractivity contribution is -0.124. The molecule has 3 aromatic rings. The third-order valence-electron chi connectivity index (χ3n) is 6.52. The zero-order chi connectivity index (χ0) is 24.8. The van der Waals surface area contributed by atoms with Gasteiger partial charge in [-0.25, -0.2) is 0 Å². The van der Waals surface area contributed by atoms with Gasteiger partial charge >= 0.3 is 0 Å². The van der Waals surface area contributed by atoms with Crippen LogP contribution in [0.1, 0.15) is 60.0 Å². The van der Waals surface area contributed by atoms with Crippen LogP contribution in [0.5, 0.6) is 0 Å². The molecule has 1 aromatic heterocycles. The number of amides is 2. The van der Waals surface area contributed by atoms with Crippen LogP contribution in [0.4, 0.5) is 5.69 Å². The summed E-state index contributed by atoms with van der Waals surface area (Å²) in [5.74, 6) is -0.135. The molecule has 184 valence electrons. The highest BCUT2D eigenvalue weighted by Crippen LogP contribution is 2.44. The Labute approximate surface area is 212 Å². The van der Waals surface area contributed by atoms with Gasteiger partial charge in [-0.3, -0.25) is 9.59 Å². The van der Waals surface area contributed by atoms with Crippen molar-refractivity contribution in [1.29, 1.82) is 0 Å². The van der Waals surface area contributed by atoms with E-state index in [-0.39, 0.29) is 17.9 Å². The maximum Gasteiger partial charge on any atom is 0.254 e. The van der Waals surface area contributed by atoms with E-state index in [1.165, 1.54) is 5.69 Å². The van der Waals surface area contributed by atoms with Crippen LogP contribution in [-0.4, -0.2) is 42.9 Å². The molecular formula is C29H35N3O2S. The second-order valence-electron chi connectivity index (χ2n) is 9.44. The summed E-state index contributed by atoms with van der Waals surface area (Å²) in [6.07, 6.45) is 0.848. The van der Waals surface area contributed by atoms with Gasteiger partial charge in [-0.1, -0.05) is 56.3 Å². The predicted octanol–water partition coefficient (Wildman–Crippen LogP) is 5.72. The number of benzene rings is 2. The highest BCUT2D eigenvalue weighted by molar-refractivity contribution is 7.10. The topological polar surface area (TPSA) is 52.7 Å². The second-order valence-corrected chi connectivity index (χ2v) is 10.4. The number of rotatable bonds is 10. The zero-order valence-electron chi connectivity index (χ0n) is 20.8. The number of nitrogens with zero attached hydrogens (tertiary/aromatic N) is 2. The van der Waals surface area contributed by atoms with Crippen LogP contribution in [0.3, 0.4) is 0 Å². The van der Waals surface area contributed by atoms with Crippen LogP contribution >= 0.6 is 11.3 Å². The number of para-hydroxylation sites is 1. The van der Waals surface area contributed by atoms with Crippen LogP contribution in [0.15, 0.2) is 72.1 Å². The molecule has 2 atom stereocenters. The van der Waals surface area contributed by atoms with Crippen LogP contribution < -0.4 is 10.2 Å². The van der Waals surface area contributed by atoms with E-state index >= 15 is 0 Å². The molecule has 1 aliphatic heterocycles. The van der Waals surface area contributed by atoms with Crippen molar-refractivity contribution >= 4 is 28.8 Å². The molecule has 5 nitrogen and oxygen atoms in total. The van der Waals surface area contributed by atoms with Gasteiger partial charge in [0.1, 0.15) is 0 Å². The van der Waals surface area contributed by atoms with Gasteiger partial charge in [0.15, 0.2) is 0 Å². The van der Waals surface area contributed by atoms with Crippen LogP contribution in [0.2, 0.25) is 0 Å². The van der Waals surface area contributed by atoms with E-state index in [0.717, 1.165) is 30.0 Å². The van der Waals surface area contributed by atoms with E-state index in [0.29, 0.717) is 24.6 Å². The highest BCUT2D eigenvalue weighted by Gasteiger charge is 2.44. The Balaban J connectivity index is 1.54. The summed E-state index contributed by atoms with van der Waals surface area (Å²) in [7, 11) is 0. The quantitative estimate of drug-likeness (QED) is 0.371. The molecule has 2 aromatic carbocycles. The van der Waals surface area contributed by atoms with Crippen molar-refractivity contribution in [2.24, 2.45) is 5.92 Å². The van der Waals surface area contributed by atoms with Gasteiger partial charge < -0.3 is 15.1 Å². The molecule has 0 saturated heterocycles. The van der Waals surface area contributed by atoms with E-state index in [1.807, 2.05) is 52.7 Å². The summed E-state index contributed by atoms with van der Waals surface area (Å²) in [5.41, 5.74) is 2.67. The van der Waals surface area contributed by atoms with Gasteiger partial charge in [0.05, 0.1) is 12.0 Å². The molecule has 0 bridgehead atoms. The minimum Gasteiger partial charge on any atom is -0.372 e. The van der Waals surface area contributed by atoms with Gasteiger partial charge in [0.25, 0.3) is 5.91 Å². The van der Waals surface area contributed by atoms with E-state index in [2.05, 4.69) is 55.3 Å². The van der Waals surface area contributed by atoms with Gasteiger partial charge in [0.2, 0.25) is 5.91 Å². The van der Waals surface area contributed by atoms with Crippen molar-refractivity contribution in [3.63, 3.8) is 0 Å². The van der Waals surface area contributed by atoms with Crippen molar-refractivity contribution in [2.75, 3.05) is 31.1 Å². The molecule has 2 amide bonds. The summed E-state index contributed by atoms with van der Waals surface area (Å²) in [6, 6.07) is 21.7. The van der Waals surface area contributed by atoms with Gasteiger partial charge in [-0.15, -0.1) is 11.3 Å². The van der Waals surface area contributed by atoms with E-state index in [4.69, 9.17) is 0 Å². The summed E-state index contributed by atoms with van der Waals surface area (Å²) in [5, 5.41) is 5.23. The van der Waals surface area contributed by atoms with Gasteiger partial charge in [0, 0.05) is 42.3 Å². The highest BCUT2D eigenvalue weighted by atomic mass is 32.1. The molecule has 35 heavy (non-hydrogen) atoms. The number of carbonyl (C=O) groups is 2. The minimum absolute atomic E-state index is 0.0122. The van der Waals surface area contributed by atoms with Crippen molar-refractivity contribution in [3.05, 3.63) is 88.1 Å². The molecule has 0 unspecified atom stereocenters. The molecule has 0 radical (unpaired) electrons. The van der Waals surface area contributed by atoms with Gasteiger partial charge in [-0.05, 0) is 54.5 Å². The Morgan fingerprint density at radius 1 is 1.06 bits per heavy atom. The third-order valence-corrected chi connectivity index (χ3v) is 7.47. The molecule has 4 rings (SSSR count). The molecule has 1 aliphatic rings. The molecule has 2 heterocycles. The largest absolute Gasteiger partial charge is 0.372 e. The van der Waals surface area contributed by atoms with Crippen LogP contribution in [0, 0.1) is 5.92 Å². The summed E-state index contributed by atoms with van der Waals surface area (Å²) in [6.45, 7) is 9.37. The summed E-state index contributed by atoms with van der Waals surface area (Å²) < 4.78 is 0. The number of hydrogen-bond donors (Lipinski definition) is 1. The average molecular weight is 490 g/mol. The first-order valence-electron chi connectivity index (χ1n) is 12.5. The Kier molecular flexibility index (Phi) is 8.24. The second kappa shape index (κ2) is 11.5. The maximum absolute atomic E-state index is 13.7. The fraction of sp³-hybridized carbons (Fsp3) is 0.379. The first-order valence-corrected chi connectivity index (χ1v) is 13.4.